The predicted molar refractivity (Wildman–Crippen MR) is 43.1 cm³/mol. The van der Waals surface area contributed by atoms with Crippen molar-refractivity contribution in [1.29, 1.82) is 0 Å². The zero-order chi connectivity index (χ0) is 8.88. The zero-order valence-corrected chi connectivity index (χ0v) is 7.17. The van der Waals surface area contributed by atoms with E-state index in [-0.39, 0.29) is 22.9 Å². The average Bonchev–Trinajstić information content (AvgIpc) is 2.43. The molecule has 64 valence electrons. The van der Waals surface area contributed by atoms with Gasteiger partial charge in [0.05, 0.1) is 11.3 Å². The van der Waals surface area contributed by atoms with E-state index in [1.165, 1.54) is 22.1 Å². The molecule has 2 rings (SSSR count). The number of carboxylic acids is 1. The Morgan fingerprint density at radius 1 is 1.75 bits per heavy atom. The van der Waals surface area contributed by atoms with Crippen LogP contribution in [0.4, 0.5) is 0 Å². The number of β-lactam (4-membered cyclic amide) rings is 1. The summed E-state index contributed by atoms with van der Waals surface area (Å²) >= 11 is 1.40. The monoisotopic (exact) mass is 185 g/mol. The van der Waals surface area contributed by atoms with Gasteiger partial charge < -0.3 is 5.11 Å². The number of carboxylic acid groups (broad SMARTS) is 1. The second-order valence-corrected chi connectivity index (χ2v) is 3.82. The molecule has 2 atom stereocenters. The Labute approximate surface area is 73.2 Å². The number of amides is 1. The van der Waals surface area contributed by atoms with Gasteiger partial charge in [0.25, 0.3) is 0 Å². The summed E-state index contributed by atoms with van der Waals surface area (Å²) in [7, 11) is 0. The summed E-state index contributed by atoms with van der Waals surface area (Å²) in [5.74, 6) is -1.15. The van der Waals surface area contributed by atoms with Crippen LogP contribution in [0.1, 0.15) is 6.92 Å². The second-order valence-electron chi connectivity index (χ2n) is 2.83. The van der Waals surface area contributed by atoms with Gasteiger partial charge in [0.15, 0.2) is 0 Å². The van der Waals surface area contributed by atoms with Crippen molar-refractivity contribution in [2.45, 2.75) is 12.3 Å². The molecule has 5 heteroatoms. The fourth-order valence-electron chi connectivity index (χ4n) is 1.39. The summed E-state index contributed by atoms with van der Waals surface area (Å²) in [5, 5.41) is 10.2. The molecule has 0 aromatic carbocycles. The van der Waals surface area contributed by atoms with Gasteiger partial charge in [0, 0.05) is 5.41 Å². The summed E-state index contributed by atoms with van der Waals surface area (Å²) in [5.41, 5.74) is 0.119. The number of carbonyl (C=O) groups is 2. The minimum atomic E-state index is -1.02. The third kappa shape index (κ3) is 0.741. The maximum absolute atomic E-state index is 11.2. The van der Waals surface area contributed by atoms with Crippen LogP contribution < -0.4 is 0 Å². The van der Waals surface area contributed by atoms with Crippen LogP contribution in [0, 0.1) is 5.92 Å². The van der Waals surface area contributed by atoms with E-state index in [1.54, 1.807) is 0 Å². The lowest BCUT2D eigenvalue weighted by atomic mass is 10.0. The Hall–Kier alpha value is -0.970. The minimum Gasteiger partial charge on any atom is -0.477 e. The molecule has 0 aliphatic carbocycles. The van der Waals surface area contributed by atoms with Gasteiger partial charge in [-0.1, -0.05) is 6.92 Å². The van der Waals surface area contributed by atoms with E-state index in [4.69, 9.17) is 5.11 Å². The van der Waals surface area contributed by atoms with Gasteiger partial charge in [-0.25, -0.2) is 4.79 Å². The standard InChI is InChI=1S/C7H7NO3S/c1-3-5(9)8-4(7(10)11)2-12-6(3)8/h2-3,6H,1H3,(H,10,11)/t3?,6-/m0/s1. The molecule has 1 fully saturated rings. The molecule has 2 heterocycles. The highest BCUT2D eigenvalue weighted by Gasteiger charge is 2.50. The molecular weight excluding hydrogens is 178 g/mol. The van der Waals surface area contributed by atoms with Crippen LogP contribution in [0.2, 0.25) is 0 Å². The fourth-order valence-corrected chi connectivity index (χ4v) is 2.56. The number of rotatable bonds is 1. The molecule has 0 saturated carbocycles. The minimum absolute atomic E-state index is 0.0311. The predicted octanol–water partition coefficient (Wildman–Crippen LogP) is 0.464. The van der Waals surface area contributed by atoms with Gasteiger partial charge in [-0.2, -0.15) is 0 Å². The number of aliphatic carboxylic acids is 1. The second kappa shape index (κ2) is 2.26. The highest BCUT2D eigenvalue weighted by atomic mass is 32.2. The summed E-state index contributed by atoms with van der Waals surface area (Å²) in [6.07, 6.45) is 0. The van der Waals surface area contributed by atoms with Gasteiger partial charge in [-0.05, 0) is 0 Å². The van der Waals surface area contributed by atoms with Crippen molar-refractivity contribution in [3.63, 3.8) is 0 Å². The normalized spacial score (nSPS) is 32.6. The summed E-state index contributed by atoms with van der Waals surface area (Å²) in [4.78, 5) is 23.1. The first-order valence-corrected chi connectivity index (χ1v) is 4.49. The Balaban J connectivity index is 2.23. The molecule has 12 heavy (non-hydrogen) atoms. The van der Waals surface area contributed by atoms with Crippen LogP contribution in [0.15, 0.2) is 11.1 Å². The van der Waals surface area contributed by atoms with E-state index in [0.29, 0.717) is 0 Å². The third-order valence-corrected chi connectivity index (χ3v) is 3.36. The summed E-state index contributed by atoms with van der Waals surface area (Å²) in [6.45, 7) is 1.81. The van der Waals surface area contributed by atoms with Crippen molar-refractivity contribution < 1.29 is 14.7 Å². The summed E-state index contributed by atoms with van der Waals surface area (Å²) < 4.78 is 0. The van der Waals surface area contributed by atoms with E-state index in [9.17, 15) is 9.59 Å². The largest absolute Gasteiger partial charge is 0.477 e. The quantitative estimate of drug-likeness (QED) is 0.603. The molecule has 1 unspecified atom stereocenters. The number of carbonyl (C=O) groups excluding carboxylic acids is 1. The van der Waals surface area contributed by atoms with Crippen LogP contribution in [0.25, 0.3) is 0 Å². The van der Waals surface area contributed by atoms with Gasteiger partial charge >= 0.3 is 5.97 Å². The molecule has 1 N–H and O–H groups in total. The molecule has 1 amide bonds. The smallest absolute Gasteiger partial charge is 0.353 e. The van der Waals surface area contributed by atoms with Gasteiger partial charge in [0.2, 0.25) is 5.91 Å². The van der Waals surface area contributed by atoms with Crippen molar-refractivity contribution in [3.8, 4) is 0 Å². The van der Waals surface area contributed by atoms with Crippen molar-refractivity contribution >= 4 is 23.6 Å². The molecule has 0 radical (unpaired) electrons. The zero-order valence-electron chi connectivity index (χ0n) is 6.35. The average molecular weight is 185 g/mol. The molecule has 0 aromatic rings. The fraction of sp³-hybridized carbons (Fsp3) is 0.429. The highest BCUT2D eigenvalue weighted by molar-refractivity contribution is 8.03. The third-order valence-electron chi connectivity index (χ3n) is 2.11. The Bertz CT molecular complexity index is 299. The highest BCUT2D eigenvalue weighted by Crippen LogP contribution is 2.44. The lowest BCUT2D eigenvalue weighted by Gasteiger charge is -2.40. The van der Waals surface area contributed by atoms with Crippen molar-refractivity contribution in [2.24, 2.45) is 5.92 Å². The first-order valence-electron chi connectivity index (χ1n) is 3.55. The lowest BCUT2D eigenvalue weighted by molar-refractivity contribution is -0.150. The van der Waals surface area contributed by atoms with Crippen LogP contribution in [-0.4, -0.2) is 27.3 Å². The Morgan fingerprint density at radius 2 is 2.42 bits per heavy atom. The molecular formula is C7H7NO3S. The van der Waals surface area contributed by atoms with E-state index < -0.39 is 5.97 Å². The number of nitrogens with zero attached hydrogens (tertiary/aromatic N) is 1. The van der Waals surface area contributed by atoms with Crippen molar-refractivity contribution in [3.05, 3.63) is 11.1 Å². The van der Waals surface area contributed by atoms with Crippen molar-refractivity contribution in [1.82, 2.24) is 4.90 Å². The number of hydrogen-bond donors (Lipinski definition) is 1. The van der Waals surface area contributed by atoms with Crippen LogP contribution in [0.3, 0.4) is 0 Å². The first-order chi connectivity index (χ1) is 5.63. The summed E-state index contributed by atoms with van der Waals surface area (Å²) in [6, 6.07) is 0. The van der Waals surface area contributed by atoms with E-state index >= 15 is 0 Å². The van der Waals surface area contributed by atoms with Crippen LogP contribution >= 0.6 is 11.8 Å². The molecule has 1 saturated heterocycles. The number of thioether (sulfide) groups is 1. The number of hydrogen-bond acceptors (Lipinski definition) is 3. The first kappa shape index (κ1) is 7.67. The molecule has 0 spiro atoms. The number of fused-ring (bicyclic) bond motifs is 1. The lowest BCUT2D eigenvalue weighted by Crippen LogP contribution is -2.55. The molecule has 0 aromatic heterocycles. The van der Waals surface area contributed by atoms with Crippen molar-refractivity contribution in [2.75, 3.05) is 0 Å². The molecule has 2 aliphatic rings. The Morgan fingerprint density at radius 3 is 3.00 bits per heavy atom. The molecule has 0 bridgehead atoms. The van der Waals surface area contributed by atoms with E-state index in [1.807, 2.05) is 6.92 Å². The van der Waals surface area contributed by atoms with E-state index in [0.717, 1.165) is 0 Å². The van der Waals surface area contributed by atoms with E-state index in [2.05, 4.69) is 0 Å². The molecule has 2 aliphatic heterocycles. The van der Waals surface area contributed by atoms with Crippen LogP contribution in [0.5, 0.6) is 0 Å². The SMILES string of the molecule is CC1C(=O)N2C(C(=O)O)=CS[C@@H]12. The molecule has 4 nitrogen and oxygen atoms in total. The maximum atomic E-state index is 11.2. The topological polar surface area (TPSA) is 57.6 Å². The van der Waals surface area contributed by atoms with Crippen LogP contribution in [-0.2, 0) is 9.59 Å². The Kier molecular flexibility index (Phi) is 1.44. The van der Waals surface area contributed by atoms with Gasteiger partial charge in [0.1, 0.15) is 5.70 Å². The van der Waals surface area contributed by atoms with Gasteiger partial charge in [-0.3, -0.25) is 9.69 Å². The maximum Gasteiger partial charge on any atom is 0.353 e. The van der Waals surface area contributed by atoms with Gasteiger partial charge in [-0.15, -0.1) is 11.8 Å².